The van der Waals surface area contributed by atoms with Crippen LogP contribution in [0.2, 0.25) is 0 Å². The molecule has 2 heterocycles. The Labute approximate surface area is 295 Å². The number of benzene rings is 3. The van der Waals surface area contributed by atoms with Crippen LogP contribution in [-0.2, 0) is 17.9 Å². The SMILES string of the molecule is CC=C1CCCC1=CC(/C=C/c1ccc(-c2ccc(/C=C/C)cn2)nc1)=C([C]#[Os])[P+](c1ccccc1)(c1ccccc1)c1ccccc1. The van der Waals surface area contributed by atoms with Crippen LogP contribution in [0, 0.1) is 4.37 Å². The zero-order valence-corrected chi connectivity index (χ0v) is 30.8. The third kappa shape index (κ3) is 7.16. The first-order valence-electron chi connectivity index (χ1n) is 16.4. The second-order valence-electron chi connectivity index (χ2n) is 11.7. The average molecular weight is 817 g/mol. The van der Waals surface area contributed by atoms with E-state index in [0.29, 0.717) is 0 Å². The third-order valence-corrected chi connectivity index (χ3v) is 14.2. The quantitative estimate of drug-likeness (QED) is 0.109. The van der Waals surface area contributed by atoms with Crippen molar-refractivity contribution in [1.82, 2.24) is 9.97 Å². The van der Waals surface area contributed by atoms with Gasteiger partial charge in [-0.05, 0) is 12.5 Å². The molecule has 1 saturated carbocycles. The number of hydrogen-bond donors (Lipinski definition) is 0. The van der Waals surface area contributed by atoms with Crippen LogP contribution in [0.3, 0.4) is 0 Å². The molecule has 2 aromatic heterocycles. The fraction of sp³-hybridized carbons (Fsp3) is 0.114. The Morgan fingerprint density at radius 1 is 0.646 bits per heavy atom. The van der Waals surface area contributed by atoms with E-state index in [4.69, 9.17) is 4.98 Å². The third-order valence-electron chi connectivity index (χ3n) is 8.76. The Bertz CT molecular complexity index is 1940. The van der Waals surface area contributed by atoms with Crippen molar-refractivity contribution in [1.29, 1.82) is 0 Å². The molecule has 1 aliphatic carbocycles. The molecule has 4 heteroatoms. The Morgan fingerprint density at radius 2 is 1.15 bits per heavy atom. The molecule has 0 saturated heterocycles. The van der Waals surface area contributed by atoms with E-state index in [1.807, 2.05) is 55.5 Å². The van der Waals surface area contributed by atoms with Crippen LogP contribution in [0.5, 0.6) is 0 Å². The summed E-state index contributed by atoms with van der Waals surface area (Å²) in [5.74, 6) is 0. The second kappa shape index (κ2) is 16.1. The van der Waals surface area contributed by atoms with Gasteiger partial charge in [0.05, 0.1) is 0 Å². The molecule has 5 aromatic rings. The number of pyridine rings is 2. The Hall–Kier alpha value is -4.49. The van der Waals surface area contributed by atoms with Crippen LogP contribution in [-0.4, -0.2) is 9.97 Å². The van der Waals surface area contributed by atoms with Gasteiger partial charge >= 0.3 is 273 Å². The zero-order chi connectivity index (χ0) is 33.2. The van der Waals surface area contributed by atoms with Gasteiger partial charge in [0.25, 0.3) is 0 Å². The van der Waals surface area contributed by atoms with E-state index >= 15 is 0 Å². The van der Waals surface area contributed by atoms with Gasteiger partial charge in [0.15, 0.2) is 0 Å². The molecule has 1 fully saturated rings. The van der Waals surface area contributed by atoms with E-state index in [2.05, 4.69) is 150 Å². The molecule has 0 spiro atoms. The van der Waals surface area contributed by atoms with Gasteiger partial charge in [-0.2, -0.15) is 0 Å². The molecule has 0 radical (unpaired) electrons. The molecular formula is C44H39N2OsP+. The molecule has 1 aliphatic rings. The van der Waals surface area contributed by atoms with Crippen LogP contribution in [0.1, 0.15) is 44.2 Å². The van der Waals surface area contributed by atoms with E-state index < -0.39 is 7.26 Å². The van der Waals surface area contributed by atoms with E-state index in [1.165, 1.54) is 44.4 Å². The fourth-order valence-electron chi connectivity index (χ4n) is 6.45. The summed E-state index contributed by atoms with van der Waals surface area (Å²) < 4.78 is 3.84. The molecular weight excluding hydrogens is 778 g/mol. The fourth-order valence-corrected chi connectivity index (χ4v) is 12.3. The number of hydrogen-bond acceptors (Lipinski definition) is 2. The summed E-state index contributed by atoms with van der Waals surface area (Å²) in [4.78, 5) is 9.44. The van der Waals surface area contributed by atoms with E-state index in [9.17, 15) is 0 Å². The molecule has 0 aliphatic heterocycles. The standard InChI is InChI=1S/C44H39N2P.Os/c1-4-16-35-26-29-43(45-32-35)44-30-27-36(33-46-44)25-28-38(31-39-18-15-17-37(39)5-2)34(3)47(40-19-9-6-10-20-40,41-21-11-7-12-22-41)42-23-13-8-14-24-42;/h4-14,16,19-33H,15,17-18H2,1-2H3;/q+1;/b16-4+,28-25+,37-5?,38-34?,39-31?;. The van der Waals surface area contributed by atoms with Crippen molar-refractivity contribution in [2.24, 2.45) is 0 Å². The van der Waals surface area contributed by atoms with Crippen molar-refractivity contribution >= 4 is 35.3 Å². The summed E-state index contributed by atoms with van der Waals surface area (Å²) in [6.07, 6.45) is 20.5. The normalized spacial score (nSPS) is 15.7. The van der Waals surface area contributed by atoms with Gasteiger partial charge in [0.1, 0.15) is 0 Å². The summed E-state index contributed by atoms with van der Waals surface area (Å²) in [6, 6.07) is 41.5. The van der Waals surface area contributed by atoms with Gasteiger partial charge in [-0.1, -0.05) is 12.2 Å². The summed E-state index contributed by atoms with van der Waals surface area (Å²) in [6.45, 7) is 4.18. The predicted molar refractivity (Wildman–Crippen MR) is 203 cm³/mol. The number of rotatable bonds is 9. The number of allylic oxidation sites excluding steroid dienone is 8. The Balaban J connectivity index is 1.55. The maximum absolute atomic E-state index is 4.81. The van der Waals surface area contributed by atoms with Crippen molar-refractivity contribution in [2.75, 3.05) is 0 Å². The molecule has 0 atom stereocenters. The first kappa shape index (κ1) is 33.4. The van der Waals surface area contributed by atoms with E-state index in [-0.39, 0.29) is 0 Å². The van der Waals surface area contributed by atoms with Crippen molar-refractivity contribution in [3.63, 3.8) is 0 Å². The molecule has 2 nitrogen and oxygen atoms in total. The van der Waals surface area contributed by atoms with E-state index in [1.54, 1.807) is 0 Å². The molecule has 48 heavy (non-hydrogen) atoms. The Morgan fingerprint density at radius 3 is 1.58 bits per heavy atom. The van der Waals surface area contributed by atoms with Crippen molar-refractivity contribution in [3.05, 3.63) is 185 Å². The zero-order valence-electron chi connectivity index (χ0n) is 27.4. The topological polar surface area (TPSA) is 25.8 Å². The summed E-state index contributed by atoms with van der Waals surface area (Å²) in [7, 11) is -2.35. The first-order chi connectivity index (χ1) is 23.7. The number of aromatic nitrogens is 2. The van der Waals surface area contributed by atoms with Gasteiger partial charge < -0.3 is 0 Å². The van der Waals surface area contributed by atoms with Crippen molar-refractivity contribution in [2.45, 2.75) is 33.1 Å². The van der Waals surface area contributed by atoms with Gasteiger partial charge in [-0.3, -0.25) is 0 Å². The molecule has 0 bridgehead atoms. The minimum atomic E-state index is -2.35. The molecule has 6 rings (SSSR count). The second-order valence-corrected chi connectivity index (χ2v) is 15.7. The van der Waals surface area contributed by atoms with Crippen LogP contribution in [0.4, 0.5) is 0 Å². The molecule has 0 amide bonds. The summed E-state index contributed by atoms with van der Waals surface area (Å²) in [5, 5.41) is 5.19. The Kier molecular flexibility index (Phi) is 11.2. The van der Waals surface area contributed by atoms with Gasteiger partial charge in [-0.15, -0.1) is 0 Å². The summed E-state index contributed by atoms with van der Waals surface area (Å²) >= 11 is 1.83. The van der Waals surface area contributed by atoms with Gasteiger partial charge in [-0.25, -0.2) is 0 Å². The van der Waals surface area contributed by atoms with Crippen LogP contribution < -0.4 is 15.9 Å². The number of nitrogens with zero attached hydrogens (tertiary/aromatic N) is 2. The molecule has 3 aromatic carbocycles. The van der Waals surface area contributed by atoms with Crippen molar-refractivity contribution < 1.29 is 17.9 Å². The monoisotopic (exact) mass is 818 g/mol. The minimum absolute atomic E-state index is 0.861. The summed E-state index contributed by atoms with van der Waals surface area (Å²) in [5.41, 5.74) is 7.90. The molecule has 0 N–H and O–H groups in total. The molecule has 0 unspecified atom stereocenters. The average Bonchev–Trinajstić information content (AvgIpc) is 3.61. The maximum atomic E-state index is 4.81. The van der Waals surface area contributed by atoms with E-state index in [0.717, 1.165) is 35.4 Å². The van der Waals surface area contributed by atoms with Gasteiger partial charge in [0, 0.05) is 0 Å². The first-order valence-corrected chi connectivity index (χ1v) is 19.5. The predicted octanol–water partition coefficient (Wildman–Crippen LogP) is 10.0. The van der Waals surface area contributed by atoms with Crippen LogP contribution in [0.15, 0.2) is 174 Å². The van der Waals surface area contributed by atoms with Crippen molar-refractivity contribution in [3.8, 4) is 15.8 Å². The van der Waals surface area contributed by atoms with Gasteiger partial charge in [0.2, 0.25) is 0 Å². The molecule has 237 valence electrons. The van der Waals surface area contributed by atoms with Crippen LogP contribution in [0.25, 0.3) is 23.5 Å². The van der Waals surface area contributed by atoms with Crippen LogP contribution >= 0.6 is 7.26 Å².